The summed E-state index contributed by atoms with van der Waals surface area (Å²) in [7, 11) is 0. The molecule has 3 nitrogen and oxygen atoms in total. The third-order valence-corrected chi connectivity index (χ3v) is 5.96. The van der Waals surface area contributed by atoms with Crippen molar-refractivity contribution >= 4 is 21.7 Å². The number of hydrogen-bond donors (Lipinski definition) is 0. The second-order valence-corrected chi connectivity index (χ2v) is 7.91. The number of nitrogens with zero attached hydrogens (tertiary/aromatic N) is 2. The van der Waals surface area contributed by atoms with Gasteiger partial charge in [0.25, 0.3) is 0 Å². The summed E-state index contributed by atoms with van der Waals surface area (Å²) in [6.45, 7) is 4.16. The van der Waals surface area contributed by atoms with Crippen LogP contribution in [0, 0.1) is 17.8 Å². The van der Waals surface area contributed by atoms with Crippen molar-refractivity contribution in [1.29, 1.82) is 0 Å². The molecule has 1 aromatic heterocycles. The summed E-state index contributed by atoms with van der Waals surface area (Å²) >= 11 is 3.52. The van der Waals surface area contributed by atoms with Gasteiger partial charge in [-0.3, -0.25) is 9.48 Å². The first-order chi connectivity index (χ1) is 10.1. The van der Waals surface area contributed by atoms with Gasteiger partial charge in [0, 0.05) is 12.0 Å². The molecule has 3 atom stereocenters. The first kappa shape index (κ1) is 15.3. The Labute approximate surface area is 135 Å². The molecule has 0 aromatic carbocycles. The number of ketones is 1. The molecule has 2 aliphatic carbocycles. The number of aromatic nitrogens is 2. The van der Waals surface area contributed by atoms with Gasteiger partial charge >= 0.3 is 0 Å². The Morgan fingerprint density at radius 1 is 1.24 bits per heavy atom. The highest BCUT2D eigenvalue weighted by molar-refractivity contribution is 9.10. The lowest BCUT2D eigenvalue weighted by molar-refractivity contribution is 0.0750. The van der Waals surface area contributed by atoms with Gasteiger partial charge in [-0.1, -0.05) is 25.7 Å². The average Bonchev–Trinajstić information content (AvgIpc) is 2.88. The van der Waals surface area contributed by atoms with Gasteiger partial charge in [-0.15, -0.1) is 0 Å². The Balaban J connectivity index is 1.78. The number of fused-ring (bicyclic) bond motifs is 1. The van der Waals surface area contributed by atoms with Crippen molar-refractivity contribution in [3.8, 4) is 0 Å². The second-order valence-electron chi connectivity index (χ2n) is 7.06. The van der Waals surface area contributed by atoms with Crippen molar-refractivity contribution in [3.63, 3.8) is 0 Å². The van der Waals surface area contributed by atoms with Crippen LogP contribution >= 0.6 is 15.9 Å². The topological polar surface area (TPSA) is 34.9 Å². The van der Waals surface area contributed by atoms with E-state index in [0.717, 1.165) is 34.8 Å². The van der Waals surface area contributed by atoms with Crippen molar-refractivity contribution in [2.24, 2.45) is 17.8 Å². The van der Waals surface area contributed by atoms with Crippen LogP contribution in [0.1, 0.15) is 75.3 Å². The summed E-state index contributed by atoms with van der Waals surface area (Å²) in [5, 5.41) is 4.36. The van der Waals surface area contributed by atoms with Crippen LogP contribution in [-0.2, 0) is 0 Å². The minimum Gasteiger partial charge on any atom is -0.292 e. The van der Waals surface area contributed by atoms with Crippen LogP contribution in [-0.4, -0.2) is 15.6 Å². The van der Waals surface area contributed by atoms with Gasteiger partial charge in [0.1, 0.15) is 5.69 Å². The molecule has 3 unspecified atom stereocenters. The molecule has 0 spiro atoms. The molecule has 0 N–H and O–H groups in total. The monoisotopic (exact) mass is 352 g/mol. The van der Waals surface area contributed by atoms with Crippen LogP contribution in [0.5, 0.6) is 0 Å². The number of carbonyl (C=O) groups is 1. The number of carbonyl (C=O) groups excluding carboxylic acids is 1. The largest absolute Gasteiger partial charge is 0.292 e. The zero-order valence-electron chi connectivity index (χ0n) is 13.0. The smallest absolute Gasteiger partial charge is 0.185 e. The summed E-state index contributed by atoms with van der Waals surface area (Å²) in [6, 6.07) is 0.223. The number of hydrogen-bond acceptors (Lipinski definition) is 2. The highest BCUT2D eigenvalue weighted by Gasteiger charge is 2.36. The standard InChI is InChI=1S/C17H25BrN2O/c1-11(2)20-16(15(18)10-19-20)17(21)14-8-7-12-5-3-4-6-13(12)9-14/h10-14H,3-9H2,1-2H3. The van der Waals surface area contributed by atoms with Gasteiger partial charge in [-0.2, -0.15) is 5.10 Å². The van der Waals surface area contributed by atoms with E-state index in [0.29, 0.717) is 5.78 Å². The molecule has 3 rings (SSSR count). The second kappa shape index (κ2) is 6.23. The minimum absolute atomic E-state index is 0.204. The predicted octanol–water partition coefficient (Wildman–Crippen LogP) is 5.02. The van der Waals surface area contributed by atoms with Crippen molar-refractivity contribution in [2.45, 2.75) is 64.8 Å². The van der Waals surface area contributed by atoms with Crippen molar-refractivity contribution < 1.29 is 4.79 Å². The highest BCUT2D eigenvalue weighted by atomic mass is 79.9. The molecule has 2 saturated carbocycles. The molecular formula is C17H25BrN2O. The summed E-state index contributed by atoms with van der Waals surface area (Å²) < 4.78 is 2.73. The van der Waals surface area contributed by atoms with E-state index in [1.807, 2.05) is 4.68 Å². The Hall–Kier alpha value is -0.640. The van der Waals surface area contributed by atoms with E-state index in [1.54, 1.807) is 6.20 Å². The lowest BCUT2D eigenvalue weighted by Gasteiger charge is -2.38. The Kier molecular flexibility index (Phi) is 4.53. The Bertz CT molecular complexity index is 523. The normalized spacial score (nSPS) is 29.4. The van der Waals surface area contributed by atoms with Crippen LogP contribution < -0.4 is 0 Å². The third kappa shape index (κ3) is 2.96. The van der Waals surface area contributed by atoms with E-state index >= 15 is 0 Å². The molecule has 0 amide bonds. The molecular weight excluding hydrogens is 328 g/mol. The first-order valence-corrected chi connectivity index (χ1v) is 9.14. The number of Topliss-reactive ketones (excluding diaryl/α,β-unsaturated/α-hetero) is 1. The van der Waals surface area contributed by atoms with Crippen LogP contribution in [0.4, 0.5) is 0 Å². The molecule has 0 saturated heterocycles. The Morgan fingerprint density at radius 3 is 2.67 bits per heavy atom. The molecule has 2 aliphatic rings. The van der Waals surface area contributed by atoms with E-state index in [4.69, 9.17) is 0 Å². The van der Waals surface area contributed by atoms with Crippen molar-refractivity contribution in [1.82, 2.24) is 9.78 Å². The van der Waals surface area contributed by atoms with Gasteiger partial charge in [-0.05, 0) is 60.9 Å². The summed E-state index contributed by atoms with van der Waals surface area (Å²) in [5.41, 5.74) is 0.782. The highest BCUT2D eigenvalue weighted by Crippen LogP contribution is 2.43. The molecule has 4 heteroatoms. The summed E-state index contributed by atoms with van der Waals surface area (Å²) in [4.78, 5) is 13.0. The zero-order chi connectivity index (χ0) is 15.0. The lowest BCUT2D eigenvalue weighted by Crippen LogP contribution is -2.32. The number of rotatable bonds is 3. The van der Waals surface area contributed by atoms with E-state index in [2.05, 4.69) is 34.9 Å². The molecule has 21 heavy (non-hydrogen) atoms. The van der Waals surface area contributed by atoms with Gasteiger partial charge < -0.3 is 0 Å². The molecule has 0 bridgehead atoms. The fraction of sp³-hybridized carbons (Fsp3) is 0.765. The first-order valence-electron chi connectivity index (χ1n) is 8.35. The molecule has 1 aromatic rings. The zero-order valence-corrected chi connectivity index (χ0v) is 14.6. The van der Waals surface area contributed by atoms with E-state index < -0.39 is 0 Å². The van der Waals surface area contributed by atoms with Gasteiger partial charge in [0.2, 0.25) is 0 Å². The summed E-state index contributed by atoms with van der Waals surface area (Å²) in [5.74, 6) is 2.18. The fourth-order valence-corrected chi connectivity index (χ4v) is 4.74. The van der Waals surface area contributed by atoms with E-state index in [9.17, 15) is 4.79 Å². The maximum absolute atomic E-state index is 13.0. The molecule has 0 aliphatic heterocycles. The van der Waals surface area contributed by atoms with Crippen molar-refractivity contribution in [2.75, 3.05) is 0 Å². The van der Waals surface area contributed by atoms with Gasteiger partial charge in [-0.25, -0.2) is 0 Å². The quantitative estimate of drug-likeness (QED) is 0.716. The van der Waals surface area contributed by atoms with Crippen LogP contribution in [0.25, 0.3) is 0 Å². The molecule has 2 fully saturated rings. The molecule has 116 valence electrons. The third-order valence-electron chi connectivity index (χ3n) is 5.38. The van der Waals surface area contributed by atoms with Crippen LogP contribution in [0.3, 0.4) is 0 Å². The van der Waals surface area contributed by atoms with Crippen LogP contribution in [0.15, 0.2) is 10.7 Å². The molecule has 1 heterocycles. The van der Waals surface area contributed by atoms with Gasteiger partial charge in [0.05, 0.1) is 10.7 Å². The van der Waals surface area contributed by atoms with Gasteiger partial charge in [0.15, 0.2) is 5.78 Å². The lowest BCUT2D eigenvalue weighted by atomic mass is 9.66. The van der Waals surface area contributed by atoms with Crippen LogP contribution in [0.2, 0.25) is 0 Å². The van der Waals surface area contributed by atoms with Crippen molar-refractivity contribution in [3.05, 3.63) is 16.4 Å². The van der Waals surface area contributed by atoms with E-state index in [1.165, 1.54) is 32.1 Å². The summed E-state index contributed by atoms with van der Waals surface area (Å²) in [6.07, 6.45) is 10.6. The average molecular weight is 353 g/mol. The Morgan fingerprint density at radius 2 is 1.95 bits per heavy atom. The maximum Gasteiger partial charge on any atom is 0.185 e. The van der Waals surface area contributed by atoms with E-state index in [-0.39, 0.29) is 12.0 Å². The number of halogens is 1. The fourth-order valence-electron chi connectivity index (χ4n) is 4.27. The maximum atomic E-state index is 13.0. The molecule has 0 radical (unpaired) electrons. The SMILES string of the molecule is CC(C)n1ncc(Br)c1C(=O)C1CCC2CCCCC2C1. The minimum atomic E-state index is 0.204. The predicted molar refractivity (Wildman–Crippen MR) is 87.4 cm³/mol.